The highest BCUT2D eigenvalue weighted by atomic mass is 79.9. The molecule has 0 fully saturated rings. The van der Waals surface area contributed by atoms with Gasteiger partial charge in [-0.1, -0.05) is 11.6 Å². The lowest BCUT2D eigenvalue weighted by Gasteiger charge is -2.06. The van der Waals surface area contributed by atoms with Crippen LogP contribution in [0.2, 0.25) is 5.02 Å². The SMILES string of the molecule is Nc1cc(C(=O)Nc2ccc(Cl)cc2Br)[nH]n1. The number of nitrogens with two attached hydrogens (primary N) is 1. The van der Waals surface area contributed by atoms with E-state index in [2.05, 4.69) is 31.4 Å². The predicted octanol–water partition coefficient (Wildman–Crippen LogP) is 2.66. The van der Waals surface area contributed by atoms with Crippen LogP contribution in [0.5, 0.6) is 0 Å². The predicted molar refractivity (Wildman–Crippen MR) is 70.1 cm³/mol. The summed E-state index contributed by atoms with van der Waals surface area (Å²) in [6.07, 6.45) is 0. The number of halogens is 2. The molecule has 1 aromatic carbocycles. The lowest BCUT2D eigenvalue weighted by atomic mass is 10.3. The van der Waals surface area contributed by atoms with Gasteiger partial charge in [0.25, 0.3) is 5.91 Å². The van der Waals surface area contributed by atoms with Crippen LogP contribution in [0.3, 0.4) is 0 Å². The average molecular weight is 316 g/mol. The third kappa shape index (κ3) is 2.78. The highest BCUT2D eigenvalue weighted by molar-refractivity contribution is 9.10. The number of anilines is 2. The van der Waals surface area contributed by atoms with E-state index < -0.39 is 0 Å². The molecule has 1 amide bonds. The van der Waals surface area contributed by atoms with Crippen LogP contribution in [0.4, 0.5) is 11.5 Å². The van der Waals surface area contributed by atoms with Gasteiger partial charge in [-0.2, -0.15) is 5.10 Å². The number of amides is 1. The first-order chi connectivity index (χ1) is 8.06. The van der Waals surface area contributed by atoms with E-state index >= 15 is 0 Å². The second-order valence-corrected chi connectivity index (χ2v) is 4.58. The van der Waals surface area contributed by atoms with Crippen molar-refractivity contribution in [3.8, 4) is 0 Å². The molecule has 2 rings (SSSR count). The Bertz CT molecular complexity index is 569. The zero-order chi connectivity index (χ0) is 12.4. The Hall–Kier alpha value is -1.53. The molecule has 0 bridgehead atoms. The third-order valence-electron chi connectivity index (χ3n) is 2.02. The van der Waals surface area contributed by atoms with E-state index in [1.807, 2.05) is 0 Å². The number of carbonyl (C=O) groups is 1. The summed E-state index contributed by atoms with van der Waals surface area (Å²) in [7, 11) is 0. The summed E-state index contributed by atoms with van der Waals surface area (Å²) < 4.78 is 0.700. The van der Waals surface area contributed by atoms with Crippen molar-refractivity contribution in [3.05, 3.63) is 39.5 Å². The lowest BCUT2D eigenvalue weighted by molar-refractivity contribution is 0.102. The van der Waals surface area contributed by atoms with Gasteiger partial charge in [0, 0.05) is 15.6 Å². The fraction of sp³-hybridized carbons (Fsp3) is 0. The molecule has 0 saturated heterocycles. The van der Waals surface area contributed by atoms with Crippen molar-refractivity contribution in [2.45, 2.75) is 0 Å². The van der Waals surface area contributed by atoms with E-state index in [0.29, 0.717) is 20.9 Å². The van der Waals surface area contributed by atoms with E-state index in [1.54, 1.807) is 18.2 Å². The number of rotatable bonds is 2. The van der Waals surface area contributed by atoms with Gasteiger partial charge in [-0.05, 0) is 34.1 Å². The maximum Gasteiger partial charge on any atom is 0.273 e. The molecule has 2 aromatic rings. The molecule has 0 aliphatic rings. The van der Waals surface area contributed by atoms with Gasteiger partial charge in [0.1, 0.15) is 11.5 Å². The molecule has 4 N–H and O–H groups in total. The quantitative estimate of drug-likeness (QED) is 0.796. The van der Waals surface area contributed by atoms with Crippen molar-refractivity contribution in [2.75, 3.05) is 11.1 Å². The van der Waals surface area contributed by atoms with Crippen molar-refractivity contribution in [2.24, 2.45) is 0 Å². The summed E-state index contributed by atoms with van der Waals surface area (Å²) in [6.45, 7) is 0. The molecule has 5 nitrogen and oxygen atoms in total. The molecule has 0 aliphatic carbocycles. The second-order valence-electron chi connectivity index (χ2n) is 3.28. The number of H-pyrrole nitrogens is 1. The maximum atomic E-state index is 11.8. The first kappa shape index (κ1) is 11.9. The molecule has 1 aromatic heterocycles. The van der Waals surface area contributed by atoms with Crippen LogP contribution in [0.15, 0.2) is 28.7 Å². The Balaban J connectivity index is 2.18. The number of aromatic nitrogens is 2. The second kappa shape index (κ2) is 4.77. The Labute approximate surface area is 110 Å². The monoisotopic (exact) mass is 314 g/mol. The number of nitrogens with one attached hydrogen (secondary N) is 2. The van der Waals surface area contributed by atoms with Gasteiger partial charge in [0.2, 0.25) is 0 Å². The minimum absolute atomic E-state index is 0.269. The first-order valence-corrected chi connectivity index (χ1v) is 5.80. The molecule has 0 atom stereocenters. The Morgan fingerprint density at radius 2 is 2.24 bits per heavy atom. The van der Waals surface area contributed by atoms with Crippen LogP contribution in [-0.2, 0) is 0 Å². The number of carbonyl (C=O) groups excluding carboxylic acids is 1. The summed E-state index contributed by atoms with van der Waals surface area (Å²) in [5, 5.41) is 9.48. The van der Waals surface area contributed by atoms with E-state index in [0.717, 1.165) is 0 Å². The molecule has 0 aliphatic heterocycles. The van der Waals surface area contributed by atoms with Crippen LogP contribution in [0.25, 0.3) is 0 Å². The highest BCUT2D eigenvalue weighted by Crippen LogP contribution is 2.26. The molecular weight excluding hydrogens is 307 g/mol. The Morgan fingerprint density at radius 1 is 1.47 bits per heavy atom. The lowest BCUT2D eigenvalue weighted by Crippen LogP contribution is -2.12. The van der Waals surface area contributed by atoms with Crippen molar-refractivity contribution < 1.29 is 4.79 Å². The summed E-state index contributed by atoms with van der Waals surface area (Å²) >= 11 is 9.10. The maximum absolute atomic E-state index is 11.8. The van der Waals surface area contributed by atoms with Crippen molar-refractivity contribution in [1.29, 1.82) is 0 Å². The number of benzene rings is 1. The largest absolute Gasteiger partial charge is 0.382 e. The van der Waals surface area contributed by atoms with Crippen molar-refractivity contribution >= 4 is 44.9 Å². The summed E-state index contributed by atoms with van der Waals surface area (Å²) in [5.41, 5.74) is 6.32. The van der Waals surface area contributed by atoms with E-state index in [-0.39, 0.29) is 11.7 Å². The molecular formula is C10H8BrClN4O. The van der Waals surface area contributed by atoms with E-state index in [1.165, 1.54) is 6.07 Å². The number of aromatic amines is 1. The van der Waals surface area contributed by atoms with Gasteiger partial charge >= 0.3 is 0 Å². The van der Waals surface area contributed by atoms with Crippen LogP contribution in [0, 0.1) is 0 Å². The molecule has 17 heavy (non-hydrogen) atoms. The normalized spacial score (nSPS) is 10.2. The van der Waals surface area contributed by atoms with Gasteiger partial charge in [-0.25, -0.2) is 0 Å². The summed E-state index contributed by atoms with van der Waals surface area (Å²) in [4.78, 5) is 11.8. The molecule has 0 spiro atoms. The van der Waals surface area contributed by atoms with Gasteiger partial charge in [-0.3, -0.25) is 9.89 Å². The molecule has 1 heterocycles. The third-order valence-corrected chi connectivity index (χ3v) is 2.91. The van der Waals surface area contributed by atoms with Gasteiger partial charge < -0.3 is 11.1 Å². The fourth-order valence-electron chi connectivity index (χ4n) is 1.23. The Kier molecular flexibility index (Phi) is 3.35. The van der Waals surface area contributed by atoms with Gasteiger partial charge in [0.05, 0.1) is 5.69 Å². The van der Waals surface area contributed by atoms with Crippen LogP contribution in [0.1, 0.15) is 10.5 Å². The number of nitrogen functional groups attached to an aromatic ring is 1. The van der Waals surface area contributed by atoms with Crippen LogP contribution in [-0.4, -0.2) is 16.1 Å². The molecule has 0 saturated carbocycles. The summed E-state index contributed by atoms with van der Waals surface area (Å²) in [6, 6.07) is 6.53. The first-order valence-electron chi connectivity index (χ1n) is 4.63. The Morgan fingerprint density at radius 3 is 2.82 bits per heavy atom. The topological polar surface area (TPSA) is 83.8 Å². The standard InChI is InChI=1S/C10H8BrClN4O/c11-6-3-5(12)1-2-7(6)14-10(17)8-4-9(13)16-15-8/h1-4H,(H,14,17)(H3,13,15,16). The van der Waals surface area contributed by atoms with Crippen molar-refractivity contribution in [1.82, 2.24) is 10.2 Å². The van der Waals surface area contributed by atoms with Crippen LogP contribution >= 0.6 is 27.5 Å². The van der Waals surface area contributed by atoms with Crippen molar-refractivity contribution in [3.63, 3.8) is 0 Å². The fourth-order valence-corrected chi connectivity index (χ4v) is 2.02. The molecule has 0 unspecified atom stereocenters. The molecule has 7 heteroatoms. The summed E-state index contributed by atoms with van der Waals surface area (Å²) in [5.74, 6) is -0.0532. The number of nitrogens with zero attached hydrogens (tertiary/aromatic N) is 1. The molecule has 0 radical (unpaired) electrons. The number of hydrogen-bond donors (Lipinski definition) is 3. The zero-order valence-electron chi connectivity index (χ0n) is 8.50. The molecule has 88 valence electrons. The zero-order valence-corrected chi connectivity index (χ0v) is 10.8. The van der Waals surface area contributed by atoms with E-state index in [9.17, 15) is 4.79 Å². The van der Waals surface area contributed by atoms with Gasteiger partial charge in [-0.15, -0.1) is 0 Å². The number of hydrogen-bond acceptors (Lipinski definition) is 3. The highest BCUT2D eigenvalue weighted by Gasteiger charge is 2.10. The van der Waals surface area contributed by atoms with E-state index in [4.69, 9.17) is 17.3 Å². The van der Waals surface area contributed by atoms with Gasteiger partial charge in [0.15, 0.2) is 0 Å². The average Bonchev–Trinajstić information content (AvgIpc) is 2.69. The van der Waals surface area contributed by atoms with Crippen LogP contribution < -0.4 is 11.1 Å². The minimum Gasteiger partial charge on any atom is -0.382 e. The minimum atomic E-state index is -0.322. The smallest absolute Gasteiger partial charge is 0.273 e.